The smallest absolute Gasteiger partial charge is 0.388 e. The molecule has 0 spiro atoms. The SMILES string of the molecule is N#Cc1ccc(C(O)CC(O)C(F)(F)F)cc1.[Ce]. The first-order valence-corrected chi connectivity index (χ1v) is 4.77. The summed E-state index contributed by atoms with van der Waals surface area (Å²) < 4.78 is 36.1. The normalized spacial score (nSPS) is 14.2. The maximum atomic E-state index is 12.0. The van der Waals surface area contributed by atoms with Crippen molar-refractivity contribution in [2.45, 2.75) is 24.8 Å². The molecule has 0 aliphatic carbocycles. The Morgan fingerprint density at radius 3 is 2.06 bits per heavy atom. The van der Waals surface area contributed by atoms with E-state index < -0.39 is 24.8 Å². The molecule has 18 heavy (non-hydrogen) atoms. The molecule has 1 aromatic rings. The van der Waals surface area contributed by atoms with Gasteiger partial charge in [0.1, 0.15) is 0 Å². The molecule has 96 valence electrons. The second-order valence-electron chi connectivity index (χ2n) is 3.54. The van der Waals surface area contributed by atoms with E-state index in [-0.39, 0.29) is 47.3 Å². The van der Waals surface area contributed by atoms with E-state index in [1.54, 1.807) is 0 Å². The first-order valence-electron chi connectivity index (χ1n) is 4.77. The van der Waals surface area contributed by atoms with Crippen molar-refractivity contribution in [3.8, 4) is 6.07 Å². The quantitative estimate of drug-likeness (QED) is 0.836. The Kier molecular flexibility index (Phi) is 7.32. The fourth-order valence-corrected chi connectivity index (χ4v) is 1.26. The third-order valence-corrected chi connectivity index (χ3v) is 2.25. The second-order valence-corrected chi connectivity index (χ2v) is 3.54. The standard InChI is InChI=1S/C11H10F3NO2.Ce/c12-11(13,14)10(17)5-9(16)8-3-1-7(6-15)2-4-8;/h1-4,9-10,16-17H,5H2;. The van der Waals surface area contributed by atoms with Crippen molar-refractivity contribution in [2.24, 2.45) is 0 Å². The van der Waals surface area contributed by atoms with Gasteiger partial charge in [-0.05, 0) is 17.7 Å². The van der Waals surface area contributed by atoms with Crippen molar-refractivity contribution in [3.63, 3.8) is 0 Å². The molecule has 0 saturated heterocycles. The second kappa shape index (κ2) is 7.40. The fraction of sp³-hybridized carbons (Fsp3) is 0.364. The number of rotatable bonds is 3. The molecule has 0 bridgehead atoms. The van der Waals surface area contributed by atoms with E-state index in [9.17, 15) is 18.3 Å². The van der Waals surface area contributed by atoms with Crippen LogP contribution in [-0.2, 0) is 0 Å². The van der Waals surface area contributed by atoms with Gasteiger partial charge in [0.05, 0.1) is 17.7 Å². The predicted molar refractivity (Wildman–Crippen MR) is 52.8 cm³/mol. The Morgan fingerprint density at radius 2 is 1.67 bits per heavy atom. The Balaban J connectivity index is 0.00000289. The average Bonchev–Trinajstić information content (AvgIpc) is 2.27. The van der Waals surface area contributed by atoms with Gasteiger partial charge in [-0.15, -0.1) is 0 Å². The Hall–Kier alpha value is -0.203. The molecule has 0 fully saturated rings. The molecule has 2 atom stereocenters. The van der Waals surface area contributed by atoms with Crippen LogP contribution in [0.25, 0.3) is 0 Å². The number of halogens is 3. The van der Waals surface area contributed by atoms with Crippen molar-refractivity contribution in [2.75, 3.05) is 0 Å². The first kappa shape index (κ1) is 17.8. The van der Waals surface area contributed by atoms with Gasteiger partial charge in [0.15, 0.2) is 6.10 Å². The van der Waals surface area contributed by atoms with Crippen molar-refractivity contribution < 1.29 is 65.1 Å². The fourth-order valence-electron chi connectivity index (χ4n) is 1.26. The number of hydrogen-bond acceptors (Lipinski definition) is 3. The Labute approximate surface area is 136 Å². The number of aliphatic hydroxyl groups excluding tert-OH is 2. The summed E-state index contributed by atoms with van der Waals surface area (Å²) in [5.41, 5.74) is 0.574. The summed E-state index contributed by atoms with van der Waals surface area (Å²) in [5, 5.41) is 26.8. The largest absolute Gasteiger partial charge is 0.414 e. The zero-order valence-electron chi connectivity index (χ0n) is 9.15. The van der Waals surface area contributed by atoms with Crippen LogP contribution in [0.15, 0.2) is 24.3 Å². The van der Waals surface area contributed by atoms with Gasteiger partial charge in [0, 0.05) is 48.2 Å². The predicted octanol–water partition coefficient (Wildman–Crippen LogP) is 1.90. The summed E-state index contributed by atoms with van der Waals surface area (Å²) in [6.07, 6.45) is -9.55. The Bertz CT molecular complexity index is 414. The van der Waals surface area contributed by atoms with Gasteiger partial charge in [-0.25, -0.2) is 0 Å². The number of aliphatic hydroxyl groups is 2. The van der Waals surface area contributed by atoms with Crippen molar-refractivity contribution >= 4 is 0 Å². The van der Waals surface area contributed by atoms with E-state index in [2.05, 4.69) is 0 Å². The molecule has 0 aliphatic heterocycles. The number of nitriles is 1. The minimum absolute atomic E-state index is 0. The minimum atomic E-state index is -4.74. The van der Waals surface area contributed by atoms with E-state index in [1.807, 2.05) is 6.07 Å². The van der Waals surface area contributed by atoms with Crippen LogP contribution in [0, 0.1) is 53.1 Å². The van der Waals surface area contributed by atoms with Crippen LogP contribution in [0.2, 0.25) is 0 Å². The first-order chi connectivity index (χ1) is 7.84. The van der Waals surface area contributed by atoms with Gasteiger partial charge in [-0.3, -0.25) is 0 Å². The number of nitrogens with zero attached hydrogens (tertiary/aromatic N) is 1. The van der Waals surface area contributed by atoms with Crippen LogP contribution in [0.3, 0.4) is 0 Å². The third-order valence-electron chi connectivity index (χ3n) is 2.25. The molecule has 0 heterocycles. The van der Waals surface area contributed by atoms with Crippen molar-refractivity contribution in [1.82, 2.24) is 0 Å². The molecule has 0 amide bonds. The molecule has 1 aromatic carbocycles. The molecule has 3 nitrogen and oxygen atoms in total. The van der Waals surface area contributed by atoms with E-state index in [4.69, 9.17) is 10.4 Å². The van der Waals surface area contributed by atoms with Crippen LogP contribution in [0.1, 0.15) is 23.7 Å². The number of benzene rings is 1. The van der Waals surface area contributed by atoms with Crippen molar-refractivity contribution in [3.05, 3.63) is 35.4 Å². The molecule has 0 radical (unpaired) electrons. The topological polar surface area (TPSA) is 64.2 Å². The number of hydrogen-bond donors (Lipinski definition) is 2. The molecular weight excluding hydrogens is 375 g/mol. The molecule has 1 rings (SSSR count). The van der Waals surface area contributed by atoms with Crippen LogP contribution in [-0.4, -0.2) is 22.5 Å². The van der Waals surface area contributed by atoms with E-state index >= 15 is 0 Å². The van der Waals surface area contributed by atoms with Crippen LogP contribution >= 0.6 is 0 Å². The third kappa shape index (κ3) is 5.20. The van der Waals surface area contributed by atoms with Crippen LogP contribution in [0.4, 0.5) is 13.2 Å². The maximum absolute atomic E-state index is 12.0. The summed E-state index contributed by atoms with van der Waals surface area (Å²) in [7, 11) is 0. The molecule has 0 saturated carbocycles. The van der Waals surface area contributed by atoms with Crippen LogP contribution in [0.5, 0.6) is 0 Å². The summed E-state index contributed by atoms with van der Waals surface area (Å²) in [6.45, 7) is 0. The van der Waals surface area contributed by atoms with E-state index in [0.717, 1.165) is 0 Å². The van der Waals surface area contributed by atoms with Gasteiger partial charge < -0.3 is 10.2 Å². The van der Waals surface area contributed by atoms with Gasteiger partial charge >= 0.3 is 6.18 Å². The van der Waals surface area contributed by atoms with Gasteiger partial charge in [-0.1, -0.05) is 12.1 Å². The zero-order chi connectivity index (χ0) is 13.1. The summed E-state index contributed by atoms with van der Waals surface area (Å²) >= 11 is 0. The minimum Gasteiger partial charge on any atom is -0.388 e. The Morgan fingerprint density at radius 1 is 1.17 bits per heavy atom. The van der Waals surface area contributed by atoms with E-state index in [0.29, 0.717) is 5.56 Å². The van der Waals surface area contributed by atoms with Gasteiger partial charge in [0.2, 0.25) is 0 Å². The molecule has 2 unspecified atom stereocenters. The van der Waals surface area contributed by atoms with Gasteiger partial charge in [-0.2, -0.15) is 18.4 Å². The molecule has 2 N–H and O–H groups in total. The van der Waals surface area contributed by atoms with Crippen molar-refractivity contribution in [1.29, 1.82) is 5.26 Å². The number of alkyl halides is 3. The zero-order valence-corrected chi connectivity index (χ0v) is 12.3. The average molecular weight is 385 g/mol. The molecular formula is C11H10CeF3NO2. The monoisotopic (exact) mass is 385 g/mol. The maximum Gasteiger partial charge on any atom is 0.414 e. The molecule has 0 aliphatic rings. The van der Waals surface area contributed by atoms with E-state index in [1.165, 1.54) is 24.3 Å². The van der Waals surface area contributed by atoms with Crippen LogP contribution < -0.4 is 0 Å². The van der Waals surface area contributed by atoms with Gasteiger partial charge in [0.25, 0.3) is 0 Å². The molecule has 7 heteroatoms. The summed E-state index contributed by atoms with van der Waals surface area (Å²) in [5.74, 6) is 0. The molecule has 0 aromatic heterocycles. The summed E-state index contributed by atoms with van der Waals surface area (Å²) in [6, 6.07) is 7.33. The summed E-state index contributed by atoms with van der Waals surface area (Å²) in [4.78, 5) is 0.